The molecule has 2 unspecified atom stereocenters. The number of fused-ring (bicyclic) bond motifs is 1. The molecule has 0 saturated carbocycles. The Morgan fingerprint density at radius 1 is 1.28 bits per heavy atom. The first-order valence-corrected chi connectivity index (χ1v) is 10.9. The molecule has 1 saturated heterocycles. The number of nitrogens with two attached hydrogens (primary N) is 1. The van der Waals surface area contributed by atoms with E-state index >= 15 is 0 Å². The smallest absolute Gasteiger partial charge is 0.323 e. The molecular weight excluding hydrogens is 406 g/mol. The van der Waals surface area contributed by atoms with Crippen molar-refractivity contribution < 1.29 is 14.3 Å². The zero-order chi connectivity index (χ0) is 22.5. The van der Waals surface area contributed by atoms with Gasteiger partial charge in [-0.05, 0) is 37.9 Å². The summed E-state index contributed by atoms with van der Waals surface area (Å²) in [5.41, 5.74) is 8.73. The average molecular weight is 436 g/mol. The number of nitrogen functional groups attached to an aromatic ring is 1. The molecule has 32 heavy (non-hydrogen) atoms. The summed E-state index contributed by atoms with van der Waals surface area (Å²) >= 11 is 0. The number of anilines is 2. The van der Waals surface area contributed by atoms with Gasteiger partial charge in [0.15, 0.2) is 0 Å². The van der Waals surface area contributed by atoms with Gasteiger partial charge >= 0.3 is 5.97 Å². The number of esters is 1. The summed E-state index contributed by atoms with van der Waals surface area (Å²) in [6.45, 7) is 4.00. The minimum absolute atomic E-state index is 0.0784. The largest absolute Gasteiger partial charge is 0.490 e. The second-order valence-electron chi connectivity index (χ2n) is 7.97. The standard InChI is InChI=1S/C24H29N5O3/c1-16(17-7-4-3-5-8-17)28-23-18-13-19(25)22(14-20(18)26-15-27-23)32-12-11-29-10-6-9-21(29)24(30)31-2/h3-5,7-8,13-16,21H,6,9-12,25H2,1-2H3,(H,26,27,28). The lowest BCUT2D eigenvalue weighted by Crippen LogP contribution is -2.39. The first-order valence-electron chi connectivity index (χ1n) is 10.9. The lowest BCUT2D eigenvalue weighted by molar-refractivity contribution is -0.145. The number of aromatic nitrogens is 2. The van der Waals surface area contributed by atoms with Crippen molar-refractivity contribution in [3.05, 3.63) is 54.4 Å². The van der Waals surface area contributed by atoms with Crippen LogP contribution in [0, 0.1) is 0 Å². The van der Waals surface area contributed by atoms with Crippen molar-refractivity contribution in [2.45, 2.75) is 31.8 Å². The molecule has 3 N–H and O–H groups in total. The lowest BCUT2D eigenvalue weighted by Gasteiger charge is -2.22. The van der Waals surface area contributed by atoms with Crippen LogP contribution in [0.5, 0.6) is 5.75 Å². The van der Waals surface area contributed by atoms with Crippen LogP contribution in [0.25, 0.3) is 10.9 Å². The predicted molar refractivity (Wildman–Crippen MR) is 125 cm³/mol. The Bertz CT molecular complexity index is 1080. The molecule has 1 aromatic heterocycles. The monoisotopic (exact) mass is 435 g/mol. The van der Waals surface area contributed by atoms with Crippen molar-refractivity contribution in [2.75, 3.05) is 37.9 Å². The normalized spacial score (nSPS) is 17.2. The maximum absolute atomic E-state index is 11.9. The molecule has 3 aromatic rings. The third-order valence-electron chi connectivity index (χ3n) is 5.89. The summed E-state index contributed by atoms with van der Waals surface area (Å²) in [5.74, 6) is 1.11. The minimum Gasteiger partial charge on any atom is -0.490 e. The van der Waals surface area contributed by atoms with E-state index in [0.29, 0.717) is 24.6 Å². The molecular formula is C24H29N5O3. The molecule has 0 bridgehead atoms. The Morgan fingerprint density at radius 3 is 2.88 bits per heavy atom. The van der Waals surface area contributed by atoms with Crippen LogP contribution in [-0.4, -0.2) is 53.7 Å². The first kappa shape index (κ1) is 21.8. The van der Waals surface area contributed by atoms with Gasteiger partial charge in [-0.3, -0.25) is 9.69 Å². The number of rotatable bonds is 8. The highest BCUT2D eigenvalue weighted by molar-refractivity contribution is 5.93. The molecule has 2 aromatic carbocycles. The van der Waals surface area contributed by atoms with Gasteiger partial charge in [-0.1, -0.05) is 30.3 Å². The van der Waals surface area contributed by atoms with Gasteiger partial charge in [0, 0.05) is 24.0 Å². The number of methoxy groups -OCH3 is 1. The minimum atomic E-state index is -0.189. The topological polar surface area (TPSA) is 103 Å². The molecule has 168 valence electrons. The molecule has 2 atom stereocenters. The van der Waals surface area contributed by atoms with E-state index in [1.54, 1.807) is 0 Å². The zero-order valence-corrected chi connectivity index (χ0v) is 18.5. The van der Waals surface area contributed by atoms with Gasteiger partial charge in [-0.2, -0.15) is 0 Å². The Hall–Kier alpha value is -3.39. The second-order valence-corrected chi connectivity index (χ2v) is 7.97. The van der Waals surface area contributed by atoms with Crippen LogP contribution in [0.15, 0.2) is 48.8 Å². The number of nitrogens with one attached hydrogen (secondary N) is 1. The predicted octanol–water partition coefficient (Wildman–Crippen LogP) is 3.40. The molecule has 8 nitrogen and oxygen atoms in total. The van der Waals surface area contributed by atoms with Gasteiger partial charge in [0.1, 0.15) is 30.5 Å². The van der Waals surface area contributed by atoms with Gasteiger partial charge in [-0.25, -0.2) is 9.97 Å². The van der Waals surface area contributed by atoms with Crippen molar-refractivity contribution in [3.8, 4) is 5.75 Å². The number of hydrogen-bond acceptors (Lipinski definition) is 8. The molecule has 4 rings (SSSR count). The fourth-order valence-electron chi connectivity index (χ4n) is 4.14. The number of nitrogens with zero attached hydrogens (tertiary/aromatic N) is 3. The number of benzene rings is 2. The Labute approximate surface area is 187 Å². The number of carbonyl (C=O) groups excluding carboxylic acids is 1. The van der Waals surface area contributed by atoms with Gasteiger partial charge in [0.2, 0.25) is 0 Å². The summed E-state index contributed by atoms with van der Waals surface area (Å²) in [4.78, 5) is 22.8. The maximum atomic E-state index is 11.9. The van der Waals surface area contributed by atoms with Crippen molar-refractivity contribution in [1.29, 1.82) is 0 Å². The first-order chi connectivity index (χ1) is 15.6. The van der Waals surface area contributed by atoms with Crippen LogP contribution >= 0.6 is 0 Å². The van der Waals surface area contributed by atoms with Crippen molar-refractivity contribution >= 4 is 28.4 Å². The van der Waals surface area contributed by atoms with Crippen LogP contribution in [0.2, 0.25) is 0 Å². The highest BCUT2D eigenvalue weighted by Crippen LogP contribution is 2.31. The number of hydrogen-bond donors (Lipinski definition) is 2. The van der Waals surface area contributed by atoms with E-state index < -0.39 is 0 Å². The summed E-state index contributed by atoms with van der Waals surface area (Å²) in [6, 6.07) is 13.8. The maximum Gasteiger partial charge on any atom is 0.323 e. The third kappa shape index (κ3) is 4.75. The summed E-state index contributed by atoms with van der Waals surface area (Å²) < 4.78 is 10.9. The molecule has 0 radical (unpaired) electrons. The van der Waals surface area contributed by atoms with Gasteiger partial charge < -0.3 is 20.5 Å². The molecule has 1 aliphatic rings. The Balaban J connectivity index is 1.45. The summed E-state index contributed by atoms with van der Waals surface area (Å²) in [6.07, 6.45) is 3.33. The quantitative estimate of drug-likeness (QED) is 0.410. The van der Waals surface area contributed by atoms with Crippen LogP contribution in [0.1, 0.15) is 31.4 Å². The van der Waals surface area contributed by atoms with E-state index in [0.717, 1.165) is 36.1 Å². The SMILES string of the molecule is COC(=O)C1CCCN1CCOc1cc2ncnc(NC(C)c3ccccc3)c2cc1N. The van der Waals surface area contributed by atoms with Crippen LogP contribution in [0.4, 0.5) is 11.5 Å². The Morgan fingerprint density at radius 2 is 2.09 bits per heavy atom. The molecule has 8 heteroatoms. The highest BCUT2D eigenvalue weighted by Gasteiger charge is 2.31. The van der Waals surface area contributed by atoms with Crippen molar-refractivity contribution in [1.82, 2.24) is 14.9 Å². The molecule has 0 amide bonds. The van der Waals surface area contributed by atoms with E-state index in [2.05, 4.69) is 39.2 Å². The number of carbonyl (C=O) groups is 1. The van der Waals surface area contributed by atoms with E-state index in [1.165, 1.54) is 19.0 Å². The second kappa shape index (κ2) is 9.82. The average Bonchev–Trinajstić information content (AvgIpc) is 3.28. The fourth-order valence-corrected chi connectivity index (χ4v) is 4.14. The van der Waals surface area contributed by atoms with Crippen LogP contribution in [-0.2, 0) is 9.53 Å². The van der Waals surface area contributed by atoms with Crippen molar-refractivity contribution in [3.63, 3.8) is 0 Å². The molecule has 0 aliphatic carbocycles. The molecule has 0 spiro atoms. The lowest BCUT2D eigenvalue weighted by atomic mass is 10.1. The third-order valence-corrected chi connectivity index (χ3v) is 5.89. The highest BCUT2D eigenvalue weighted by atomic mass is 16.5. The van der Waals surface area contributed by atoms with E-state index in [1.807, 2.05) is 30.3 Å². The molecule has 2 heterocycles. The summed E-state index contributed by atoms with van der Waals surface area (Å²) in [7, 11) is 1.43. The van der Waals surface area contributed by atoms with Gasteiger partial charge in [-0.15, -0.1) is 0 Å². The Kier molecular flexibility index (Phi) is 6.70. The fraction of sp³-hybridized carbons (Fsp3) is 0.375. The van der Waals surface area contributed by atoms with E-state index in [-0.39, 0.29) is 18.1 Å². The summed E-state index contributed by atoms with van der Waals surface area (Å²) in [5, 5.41) is 4.29. The molecule has 1 aliphatic heterocycles. The van der Waals surface area contributed by atoms with Gasteiger partial charge in [0.25, 0.3) is 0 Å². The van der Waals surface area contributed by atoms with E-state index in [9.17, 15) is 4.79 Å². The molecule has 1 fully saturated rings. The van der Waals surface area contributed by atoms with Crippen LogP contribution in [0.3, 0.4) is 0 Å². The zero-order valence-electron chi connectivity index (χ0n) is 18.5. The number of likely N-dealkylation sites (tertiary alicyclic amines) is 1. The van der Waals surface area contributed by atoms with Crippen molar-refractivity contribution in [2.24, 2.45) is 0 Å². The van der Waals surface area contributed by atoms with Crippen LogP contribution < -0.4 is 15.8 Å². The van der Waals surface area contributed by atoms with E-state index in [4.69, 9.17) is 15.2 Å². The van der Waals surface area contributed by atoms with Gasteiger partial charge in [0.05, 0.1) is 18.3 Å². The number of ether oxygens (including phenoxy) is 2.